The average Bonchev–Trinajstić information content (AvgIpc) is 2.48. The molecule has 0 radical (unpaired) electrons. The van der Waals surface area contributed by atoms with Gasteiger partial charge < -0.3 is 0 Å². The number of sulfonamides is 1. The maximum Gasteiger partial charge on any atom is 0.241 e. The predicted molar refractivity (Wildman–Crippen MR) is 86.3 cm³/mol. The highest BCUT2D eigenvalue weighted by Crippen LogP contribution is 2.19. The SMILES string of the molecule is CC(NS(=O)(=O)c1ccc(N=C=S)cc1)c1ccccc1. The number of nitrogens with one attached hydrogen (secondary N) is 1. The van der Waals surface area contributed by atoms with E-state index >= 15 is 0 Å². The van der Waals surface area contributed by atoms with Gasteiger partial charge in [-0.25, -0.2) is 13.1 Å². The summed E-state index contributed by atoms with van der Waals surface area (Å²) in [4.78, 5) is 3.98. The average molecular weight is 318 g/mol. The van der Waals surface area contributed by atoms with Crippen LogP contribution >= 0.6 is 12.2 Å². The second-order valence-corrected chi connectivity index (χ2v) is 6.35. The van der Waals surface area contributed by atoms with Crippen LogP contribution in [0, 0.1) is 0 Å². The molecule has 4 nitrogen and oxygen atoms in total. The number of thiocarbonyl (C=S) groups is 1. The maximum absolute atomic E-state index is 12.3. The van der Waals surface area contributed by atoms with Crippen molar-refractivity contribution in [1.82, 2.24) is 4.72 Å². The van der Waals surface area contributed by atoms with E-state index in [0.29, 0.717) is 5.69 Å². The first-order chi connectivity index (χ1) is 10.0. The van der Waals surface area contributed by atoms with Gasteiger partial charge in [-0.2, -0.15) is 4.99 Å². The Morgan fingerprint density at radius 1 is 1.10 bits per heavy atom. The van der Waals surface area contributed by atoms with Crippen LogP contribution in [-0.4, -0.2) is 13.6 Å². The van der Waals surface area contributed by atoms with E-state index in [9.17, 15) is 8.42 Å². The highest BCUT2D eigenvalue weighted by atomic mass is 32.2. The highest BCUT2D eigenvalue weighted by molar-refractivity contribution is 7.89. The zero-order valence-electron chi connectivity index (χ0n) is 11.4. The van der Waals surface area contributed by atoms with Gasteiger partial charge in [0.15, 0.2) is 0 Å². The van der Waals surface area contributed by atoms with Crippen molar-refractivity contribution in [2.45, 2.75) is 17.9 Å². The Balaban J connectivity index is 2.20. The second kappa shape index (κ2) is 6.74. The minimum absolute atomic E-state index is 0.189. The molecule has 0 fully saturated rings. The summed E-state index contributed by atoms with van der Waals surface area (Å²) in [6, 6.07) is 15.2. The molecule has 6 heteroatoms. The van der Waals surface area contributed by atoms with Crippen molar-refractivity contribution in [2.24, 2.45) is 4.99 Å². The van der Waals surface area contributed by atoms with Gasteiger partial charge in [0.25, 0.3) is 0 Å². The van der Waals surface area contributed by atoms with E-state index in [-0.39, 0.29) is 10.9 Å². The fourth-order valence-electron chi connectivity index (χ4n) is 1.86. The standard InChI is InChI=1S/C15H14N2O2S2/c1-12(13-5-3-2-4-6-13)17-21(18,19)15-9-7-14(8-10-15)16-11-20/h2-10,12,17H,1H3. The Hall–Kier alpha value is -1.85. The minimum atomic E-state index is -3.58. The normalized spacial score (nSPS) is 12.4. The molecule has 0 spiro atoms. The lowest BCUT2D eigenvalue weighted by molar-refractivity contribution is 0.567. The van der Waals surface area contributed by atoms with Gasteiger partial charge in [-0.1, -0.05) is 30.3 Å². The minimum Gasteiger partial charge on any atom is -0.207 e. The highest BCUT2D eigenvalue weighted by Gasteiger charge is 2.18. The van der Waals surface area contributed by atoms with Gasteiger partial charge in [-0.05, 0) is 49.0 Å². The van der Waals surface area contributed by atoms with Crippen LogP contribution in [0.4, 0.5) is 5.69 Å². The second-order valence-electron chi connectivity index (χ2n) is 4.45. The fourth-order valence-corrected chi connectivity index (χ4v) is 3.20. The molecule has 0 amide bonds. The Morgan fingerprint density at radius 2 is 1.71 bits per heavy atom. The smallest absolute Gasteiger partial charge is 0.207 e. The zero-order chi connectivity index (χ0) is 15.3. The van der Waals surface area contributed by atoms with Gasteiger partial charge in [-0.3, -0.25) is 0 Å². The first-order valence-corrected chi connectivity index (χ1v) is 8.17. The van der Waals surface area contributed by atoms with Crippen LogP contribution in [0.15, 0.2) is 64.5 Å². The van der Waals surface area contributed by atoms with Crippen LogP contribution in [0.2, 0.25) is 0 Å². The topological polar surface area (TPSA) is 58.5 Å². The van der Waals surface area contributed by atoms with Crippen LogP contribution < -0.4 is 4.72 Å². The lowest BCUT2D eigenvalue weighted by atomic mass is 10.1. The molecule has 2 aromatic carbocycles. The van der Waals surface area contributed by atoms with E-state index in [1.165, 1.54) is 12.1 Å². The first kappa shape index (κ1) is 15.5. The number of rotatable bonds is 5. The molecular formula is C15H14N2O2S2. The molecule has 1 N–H and O–H groups in total. The molecule has 2 rings (SSSR count). The number of aliphatic imine (C=N–C) groups is 1. The monoisotopic (exact) mass is 318 g/mol. The van der Waals surface area contributed by atoms with Crippen molar-refractivity contribution in [2.75, 3.05) is 0 Å². The Morgan fingerprint density at radius 3 is 2.29 bits per heavy atom. The summed E-state index contributed by atoms with van der Waals surface area (Å²) in [6.45, 7) is 1.80. The molecule has 0 aromatic heterocycles. The van der Waals surface area contributed by atoms with Crippen molar-refractivity contribution in [1.29, 1.82) is 0 Å². The Kier molecular flexibility index (Phi) is 4.98. The van der Waals surface area contributed by atoms with Crippen molar-refractivity contribution in [3.05, 3.63) is 60.2 Å². The molecule has 2 aromatic rings. The summed E-state index contributed by atoms with van der Waals surface area (Å²) < 4.78 is 27.3. The molecule has 0 aliphatic rings. The van der Waals surface area contributed by atoms with Crippen LogP contribution in [0.3, 0.4) is 0 Å². The summed E-state index contributed by atoms with van der Waals surface area (Å²) in [6.07, 6.45) is 0. The molecule has 0 saturated heterocycles. The fraction of sp³-hybridized carbons (Fsp3) is 0.133. The van der Waals surface area contributed by atoms with Crippen LogP contribution in [0.5, 0.6) is 0 Å². The van der Waals surface area contributed by atoms with E-state index in [4.69, 9.17) is 0 Å². The lowest BCUT2D eigenvalue weighted by Crippen LogP contribution is -2.26. The van der Waals surface area contributed by atoms with Gasteiger partial charge in [0.05, 0.1) is 15.7 Å². The third-order valence-electron chi connectivity index (χ3n) is 2.95. The number of isothiocyanates is 1. The third-order valence-corrected chi connectivity index (χ3v) is 4.60. The van der Waals surface area contributed by atoms with Crippen LogP contribution in [0.25, 0.3) is 0 Å². The first-order valence-electron chi connectivity index (χ1n) is 6.28. The quantitative estimate of drug-likeness (QED) is 0.678. The van der Waals surface area contributed by atoms with E-state index in [1.807, 2.05) is 30.3 Å². The predicted octanol–water partition coefficient (Wildman–Crippen LogP) is 3.46. The molecule has 0 aliphatic carbocycles. The van der Waals surface area contributed by atoms with Gasteiger partial charge in [0.2, 0.25) is 10.0 Å². The largest absolute Gasteiger partial charge is 0.241 e. The number of hydrogen-bond donors (Lipinski definition) is 1. The van der Waals surface area contributed by atoms with Crippen LogP contribution in [0.1, 0.15) is 18.5 Å². The van der Waals surface area contributed by atoms with Crippen molar-refractivity contribution >= 4 is 33.1 Å². The van der Waals surface area contributed by atoms with E-state index in [2.05, 4.69) is 27.1 Å². The maximum atomic E-state index is 12.3. The van der Waals surface area contributed by atoms with Gasteiger partial charge in [0, 0.05) is 6.04 Å². The zero-order valence-corrected chi connectivity index (χ0v) is 13.0. The van der Waals surface area contributed by atoms with Gasteiger partial charge in [-0.15, -0.1) is 0 Å². The summed E-state index contributed by atoms with van der Waals surface area (Å²) in [5.41, 5.74) is 1.48. The van der Waals surface area contributed by atoms with E-state index in [1.54, 1.807) is 19.1 Å². The summed E-state index contributed by atoms with van der Waals surface area (Å²) in [7, 11) is -3.58. The molecule has 0 saturated carbocycles. The molecular weight excluding hydrogens is 304 g/mol. The molecule has 21 heavy (non-hydrogen) atoms. The van der Waals surface area contributed by atoms with Crippen molar-refractivity contribution in [3.63, 3.8) is 0 Å². The van der Waals surface area contributed by atoms with E-state index < -0.39 is 10.0 Å². The van der Waals surface area contributed by atoms with Gasteiger partial charge in [0.1, 0.15) is 0 Å². The summed E-state index contributed by atoms with van der Waals surface area (Å²) >= 11 is 4.50. The molecule has 0 aliphatic heterocycles. The van der Waals surface area contributed by atoms with Crippen molar-refractivity contribution < 1.29 is 8.42 Å². The summed E-state index contributed by atoms with van der Waals surface area (Å²) in [5, 5.41) is 2.24. The number of benzene rings is 2. The molecule has 1 atom stereocenters. The summed E-state index contributed by atoms with van der Waals surface area (Å²) in [5.74, 6) is 0. The molecule has 0 bridgehead atoms. The van der Waals surface area contributed by atoms with E-state index in [0.717, 1.165) is 5.56 Å². The number of hydrogen-bond acceptors (Lipinski definition) is 4. The molecule has 108 valence electrons. The lowest BCUT2D eigenvalue weighted by Gasteiger charge is -2.14. The Bertz CT molecular complexity index is 750. The third kappa shape index (κ3) is 4.06. The number of nitrogens with zero attached hydrogens (tertiary/aromatic N) is 1. The van der Waals surface area contributed by atoms with Gasteiger partial charge >= 0.3 is 0 Å². The molecule has 0 heterocycles. The van der Waals surface area contributed by atoms with Crippen LogP contribution in [-0.2, 0) is 10.0 Å². The van der Waals surface area contributed by atoms with Crippen molar-refractivity contribution in [3.8, 4) is 0 Å². The molecule has 1 unspecified atom stereocenters. The Labute approximate surface area is 129 Å².